The molecule has 0 fully saturated rings. The van der Waals surface area contributed by atoms with E-state index < -0.39 is 18.5 Å². The van der Waals surface area contributed by atoms with E-state index in [1.54, 1.807) is 36.0 Å². The molecule has 2 rings (SSSR count). The van der Waals surface area contributed by atoms with Crippen molar-refractivity contribution in [3.05, 3.63) is 42.0 Å². The van der Waals surface area contributed by atoms with Crippen LogP contribution in [0.15, 0.2) is 41.3 Å². The van der Waals surface area contributed by atoms with E-state index in [0.29, 0.717) is 28.5 Å². The first-order chi connectivity index (χ1) is 14.9. The SMILES string of the molecule is COc1cc(NC(=O)COC(=O)CCC(=O)c2ccc(SC)cc2)cc(OC)c1OC. The maximum Gasteiger partial charge on any atom is 0.306 e. The minimum absolute atomic E-state index is 0.00590. The molecule has 0 aromatic heterocycles. The summed E-state index contributed by atoms with van der Waals surface area (Å²) in [5.74, 6) is -0.194. The van der Waals surface area contributed by atoms with Crippen LogP contribution in [0, 0.1) is 0 Å². The molecule has 1 N–H and O–H groups in total. The zero-order valence-corrected chi connectivity index (χ0v) is 18.7. The van der Waals surface area contributed by atoms with E-state index in [-0.39, 0.29) is 18.6 Å². The zero-order chi connectivity index (χ0) is 22.8. The van der Waals surface area contributed by atoms with E-state index in [2.05, 4.69) is 5.32 Å². The summed E-state index contributed by atoms with van der Waals surface area (Å²) in [5.41, 5.74) is 0.921. The van der Waals surface area contributed by atoms with Gasteiger partial charge in [0.05, 0.1) is 27.8 Å². The highest BCUT2D eigenvalue weighted by molar-refractivity contribution is 7.98. The van der Waals surface area contributed by atoms with Crippen LogP contribution in [0.2, 0.25) is 0 Å². The van der Waals surface area contributed by atoms with Gasteiger partial charge in [-0.15, -0.1) is 11.8 Å². The molecule has 0 aliphatic carbocycles. The first-order valence-corrected chi connectivity index (χ1v) is 10.6. The summed E-state index contributed by atoms with van der Waals surface area (Å²) >= 11 is 1.58. The maximum absolute atomic E-state index is 12.2. The number of esters is 1. The molecule has 0 radical (unpaired) electrons. The van der Waals surface area contributed by atoms with Crippen LogP contribution in [0.1, 0.15) is 23.2 Å². The van der Waals surface area contributed by atoms with Crippen molar-refractivity contribution in [1.29, 1.82) is 0 Å². The maximum atomic E-state index is 12.2. The Hall–Kier alpha value is -3.20. The van der Waals surface area contributed by atoms with Gasteiger partial charge in [-0.05, 0) is 18.4 Å². The molecule has 0 saturated heterocycles. The number of nitrogens with one attached hydrogen (secondary N) is 1. The Kier molecular flexibility index (Phi) is 9.20. The van der Waals surface area contributed by atoms with Crippen molar-refractivity contribution < 1.29 is 33.3 Å². The Labute approximate surface area is 185 Å². The van der Waals surface area contributed by atoms with Crippen molar-refractivity contribution in [2.75, 3.05) is 39.5 Å². The quantitative estimate of drug-likeness (QED) is 0.317. The number of methoxy groups -OCH3 is 3. The van der Waals surface area contributed by atoms with Gasteiger partial charge in [0.1, 0.15) is 0 Å². The Bertz CT molecular complexity index is 903. The number of rotatable bonds is 11. The molecule has 8 nitrogen and oxygen atoms in total. The number of carbonyl (C=O) groups is 3. The molecule has 1 amide bonds. The van der Waals surface area contributed by atoms with Gasteiger partial charge in [0.2, 0.25) is 5.75 Å². The van der Waals surface area contributed by atoms with Crippen LogP contribution in [0.5, 0.6) is 17.2 Å². The number of anilines is 1. The summed E-state index contributed by atoms with van der Waals surface area (Å²) in [7, 11) is 4.40. The number of thioether (sulfide) groups is 1. The number of Topliss-reactive ketones (excluding diaryl/α,β-unsaturated/α-hetero) is 1. The van der Waals surface area contributed by atoms with Crippen molar-refractivity contribution in [3.63, 3.8) is 0 Å². The second-order valence-electron chi connectivity index (χ2n) is 6.27. The molecule has 31 heavy (non-hydrogen) atoms. The van der Waals surface area contributed by atoms with Gasteiger partial charge in [0.15, 0.2) is 23.9 Å². The average Bonchev–Trinajstić information content (AvgIpc) is 2.80. The number of carbonyl (C=O) groups excluding carboxylic acids is 3. The first-order valence-electron chi connectivity index (χ1n) is 9.34. The predicted octanol–water partition coefficient (Wildman–Crippen LogP) is 3.58. The molecule has 0 atom stereocenters. The van der Waals surface area contributed by atoms with Crippen LogP contribution in [-0.2, 0) is 14.3 Å². The highest BCUT2D eigenvalue weighted by atomic mass is 32.2. The van der Waals surface area contributed by atoms with E-state index in [4.69, 9.17) is 18.9 Å². The van der Waals surface area contributed by atoms with E-state index >= 15 is 0 Å². The molecule has 0 bridgehead atoms. The number of ketones is 1. The lowest BCUT2D eigenvalue weighted by atomic mass is 10.1. The van der Waals surface area contributed by atoms with Gasteiger partial charge >= 0.3 is 5.97 Å². The Balaban J connectivity index is 1.84. The first kappa shape index (κ1) is 24.1. The number of amides is 1. The van der Waals surface area contributed by atoms with Crippen LogP contribution in [0.25, 0.3) is 0 Å². The smallest absolute Gasteiger partial charge is 0.306 e. The van der Waals surface area contributed by atoms with Crippen molar-refractivity contribution in [3.8, 4) is 17.2 Å². The third-order valence-electron chi connectivity index (χ3n) is 4.28. The summed E-state index contributed by atoms with van der Waals surface area (Å²) in [6.45, 7) is -0.480. The summed E-state index contributed by atoms with van der Waals surface area (Å²) in [6.07, 6.45) is 1.84. The molecule has 2 aromatic carbocycles. The lowest BCUT2D eigenvalue weighted by molar-refractivity contribution is -0.147. The molecule has 0 saturated carbocycles. The molecular formula is C22H25NO7S. The van der Waals surface area contributed by atoms with Crippen molar-refractivity contribution >= 4 is 35.1 Å². The van der Waals surface area contributed by atoms with E-state index in [9.17, 15) is 14.4 Å². The fourth-order valence-electron chi connectivity index (χ4n) is 2.71. The van der Waals surface area contributed by atoms with Gasteiger partial charge in [-0.25, -0.2) is 0 Å². The van der Waals surface area contributed by atoms with Gasteiger partial charge in [-0.3, -0.25) is 14.4 Å². The predicted molar refractivity (Wildman–Crippen MR) is 117 cm³/mol. The zero-order valence-electron chi connectivity index (χ0n) is 17.9. The van der Waals surface area contributed by atoms with Gasteiger partial charge in [-0.2, -0.15) is 0 Å². The van der Waals surface area contributed by atoms with Crippen molar-refractivity contribution in [1.82, 2.24) is 0 Å². The molecule has 0 spiro atoms. The van der Waals surface area contributed by atoms with E-state index in [1.165, 1.54) is 21.3 Å². The summed E-state index contributed by atoms with van der Waals surface area (Å²) < 4.78 is 20.6. The van der Waals surface area contributed by atoms with Crippen molar-refractivity contribution in [2.24, 2.45) is 0 Å². The van der Waals surface area contributed by atoms with Gasteiger partial charge in [0, 0.05) is 34.7 Å². The highest BCUT2D eigenvalue weighted by Gasteiger charge is 2.16. The molecule has 0 aliphatic rings. The second kappa shape index (κ2) is 11.8. The van der Waals surface area contributed by atoms with Crippen LogP contribution in [-0.4, -0.2) is 51.9 Å². The van der Waals surface area contributed by atoms with Crippen LogP contribution >= 0.6 is 11.8 Å². The summed E-state index contributed by atoms with van der Waals surface area (Å²) in [4.78, 5) is 37.3. The van der Waals surface area contributed by atoms with Gasteiger partial charge < -0.3 is 24.3 Å². The van der Waals surface area contributed by atoms with Crippen LogP contribution in [0.3, 0.4) is 0 Å². The van der Waals surface area contributed by atoms with E-state index in [0.717, 1.165) is 4.90 Å². The Morgan fingerprint density at radius 3 is 2.03 bits per heavy atom. The molecule has 2 aromatic rings. The fraction of sp³-hybridized carbons (Fsp3) is 0.318. The summed E-state index contributed by atoms with van der Waals surface area (Å²) in [6, 6.07) is 10.3. The minimum Gasteiger partial charge on any atom is -0.493 e. The highest BCUT2D eigenvalue weighted by Crippen LogP contribution is 2.39. The topological polar surface area (TPSA) is 100 Å². The molecule has 166 valence electrons. The number of ether oxygens (including phenoxy) is 4. The molecule has 0 unspecified atom stereocenters. The number of hydrogen-bond donors (Lipinski definition) is 1. The third kappa shape index (κ3) is 6.92. The minimum atomic E-state index is -0.630. The summed E-state index contributed by atoms with van der Waals surface area (Å²) in [5, 5.41) is 2.60. The Morgan fingerprint density at radius 2 is 1.52 bits per heavy atom. The van der Waals surface area contributed by atoms with E-state index in [1.807, 2.05) is 18.4 Å². The molecule has 0 aliphatic heterocycles. The second-order valence-corrected chi connectivity index (χ2v) is 7.15. The molecule has 0 heterocycles. The third-order valence-corrected chi connectivity index (χ3v) is 5.02. The number of benzene rings is 2. The lowest BCUT2D eigenvalue weighted by Gasteiger charge is -2.14. The standard InChI is InChI=1S/C22H25NO7S/c1-27-18-11-15(12-19(28-2)22(18)29-3)23-20(25)13-30-21(26)10-9-17(24)14-5-7-16(31-4)8-6-14/h5-8,11-12H,9-10,13H2,1-4H3,(H,23,25). The largest absolute Gasteiger partial charge is 0.493 e. The normalized spacial score (nSPS) is 10.2. The van der Waals surface area contributed by atoms with Crippen LogP contribution in [0.4, 0.5) is 5.69 Å². The average molecular weight is 448 g/mol. The monoisotopic (exact) mass is 447 g/mol. The fourth-order valence-corrected chi connectivity index (χ4v) is 3.11. The lowest BCUT2D eigenvalue weighted by Crippen LogP contribution is -2.21. The Morgan fingerprint density at radius 1 is 0.903 bits per heavy atom. The number of hydrogen-bond acceptors (Lipinski definition) is 8. The van der Waals surface area contributed by atoms with Gasteiger partial charge in [-0.1, -0.05) is 12.1 Å². The van der Waals surface area contributed by atoms with Crippen LogP contribution < -0.4 is 19.5 Å². The van der Waals surface area contributed by atoms with Gasteiger partial charge in [0.25, 0.3) is 5.91 Å². The molecular weight excluding hydrogens is 422 g/mol. The van der Waals surface area contributed by atoms with Crippen molar-refractivity contribution in [2.45, 2.75) is 17.7 Å². The molecule has 9 heteroatoms.